The van der Waals surface area contributed by atoms with E-state index < -0.39 is 0 Å². The molecule has 0 amide bonds. The highest BCUT2D eigenvalue weighted by Crippen LogP contribution is 2.25. The first-order chi connectivity index (χ1) is 10.2. The Morgan fingerprint density at radius 3 is 2.81 bits per heavy atom. The van der Waals surface area contributed by atoms with Crippen molar-refractivity contribution in [2.45, 2.75) is 58.4 Å². The van der Waals surface area contributed by atoms with E-state index in [2.05, 4.69) is 28.9 Å². The number of piperidine rings is 1. The number of likely N-dealkylation sites (tertiary alicyclic amines) is 1. The van der Waals surface area contributed by atoms with E-state index in [0.29, 0.717) is 25.2 Å². The first kappa shape index (κ1) is 14.9. The first-order valence-corrected chi connectivity index (χ1v) is 8.01. The number of hydrogen-bond donors (Lipinski definition) is 0. The maximum atomic E-state index is 5.69. The Hall–Kier alpha value is -0.980. The molecule has 0 N–H and O–H groups in total. The van der Waals surface area contributed by atoms with Gasteiger partial charge < -0.3 is 14.0 Å². The smallest absolute Gasteiger partial charge is 0.226 e. The van der Waals surface area contributed by atoms with Crippen LogP contribution in [0.4, 0.5) is 0 Å². The lowest BCUT2D eigenvalue weighted by molar-refractivity contribution is -0.111. The standard InChI is InChI=1S/C15H25N3O3/c1-11(2)9-14-16-13(17-21-14)10-18-6-4-3-5-12(18)15-19-7-8-20-15/h11-12,15H,3-10H2,1-2H3. The summed E-state index contributed by atoms with van der Waals surface area (Å²) in [4.78, 5) is 6.88. The van der Waals surface area contributed by atoms with E-state index in [9.17, 15) is 0 Å². The second-order valence-electron chi connectivity index (χ2n) is 6.35. The number of rotatable bonds is 5. The number of ether oxygens (including phenoxy) is 2. The van der Waals surface area contributed by atoms with E-state index >= 15 is 0 Å². The van der Waals surface area contributed by atoms with Gasteiger partial charge in [-0.2, -0.15) is 4.98 Å². The summed E-state index contributed by atoms with van der Waals surface area (Å²) in [5, 5.41) is 4.11. The molecule has 0 radical (unpaired) electrons. The quantitative estimate of drug-likeness (QED) is 0.828. The van der Waals surface area contributed by atoms with Crippen molar-refractivity contribution in [1.29, 1.82) is 0 Å². The van der Waals surface area contributed by atoms with Gasteiger partial charge in [0.2, 0.25) is 5.89 Å². The van der Waals surface area contributed by atoms with Crippen LogP contribution in [-0.4, -0.2) is 47.1 Å². The van der Waals surface area contributed by atoms with Crippen molar-refractivity contribution in [1.82, 2.24) is 15.0 Å². The first-order valence-electron chi connectivity index (χ1n) is 8.01. The van der Waals surface area contributed by atoms with Crippen LogP contribution in [0.25, 0.3) is 0 Å². The summed E-state index contributed by atoms with van der Waals surface area (Å²) < 4.78 is 16.7. The lowest BCUT2D eigenvalue weighted by Crippen LogP contribution is -2.46. The highest BCUT2D eigenvalue weighted by Gasteiger charge is 2.34. The predicted octanol–water partition coefficient (Wildman–Crippen LogP) is 2.00. The lowest BCUT2D eigenvalue weighted by atomic mass is 10.0. The second-order valence-corrected chi connectivity index (χ2v) is 6.35. The highest BCUT2D eigenvalue weighted by atomic mass is 16.7. The maximum absolute atomic E-state index is 5.69. The van der Waals surface area contributed by atoms with Crippen LogP contribution in [0.1, 0.15) is 44.8 Å². The Bertz CT molecular complexity index is 443. The third kappa shape index (κ3) is 3.81. The zero-order chi connectivity index (χ0) is 14.7. The highest BCUT2D eigenvalue weighted by molar-refractivity contribution is 4.90. The van der Waals surface area contributed by atoms with E-state index in [1.807, 2.05) is 0 Å². The molecule has 1 aromatic heterocycles. The molecule has 2 saturated heterocycles. The summed E-state index contributed by atoms with van der Waals surface area (Å²) in [6.45, 7) is 7.47. The molecule has 118 valence electrons. The van der Waals surface area contributed by atoms with E-state index in [0.717, 1.165) is 37.6 Å². The average Bonchev–Trinajstić information content (AvgIpc) is 3.11. The molecule has 1 aromatic rings. The normalized spacial score (nSPS) is 25.0. The minimum Gasteiger partial charge on any atom is -0.349 e. The Labute approximate surface area is 125 Å². The van der Waals surface area contributed by atoms with E-state index in [1.54, 1.807) is 0 Å². The van der Waals surface area contributed by atoms with Crippen LogP contribution in [0.15, 0.2) is 4.52 Å². The molecule has 0 aromatic carbocycles. The maximum Gasteiger partial charge on any atom is 0.226 e. The Kier molecular flexibility index (Phi) is 4.87. The van der Waals surface area contributed by atoms with Crippen LogP contribution in [0, 0.1) is 5.92 Å². The van der Waals surface area contributed by atoms with Gasteiger partial charge in [-0.25, -0.2) is 0 Å². The molecule has 2 aliphatic rings. The molecule has 3 heterocycles. The van der Waals surface area contributed by atoms with Crippen molar-refractivity contribution in [3.8, 4) is 0 Å². The molecular weight excluding hydrogens is 270 g/mol. The summed E-state index contributed by atoms with van der Waals surface area (Å²) in [6, 6.07) is 0.313. The van der Waals surface area contributed by atoms with Gasteiger partial charge in [-0.15, -0.1) is 0 Å². The zero-order valence-corrected chi connectivity index (χ0v) is 13.0. The monoisotopic (exact) mass is 295 g/mol. The molecule has 6 heteroatoms. The number of aromatic nitrogens is 2. The summed E-state index contributed by atoms with van der Waals surface area (Å²) >= 11 is 0. The molecule has 0 saturated carbocycles. The topological polar surface area (TPSA) is 60.6 Å². The van der Waals surface area contributed by atoms with Crippen LogP contribution in [0.3, 0.4) is 0 Å². The van der Waals surface area contributed by atoms with Gasteiger partial charge >= 0.3 is 0 Å². The Morgan fingerprint density at radius 1 is 1.24 bits per heavy atom. The van der Waals surface area contributed by atoms with Crippen molar-refractivity contribution in [3.63, 3.8) is 0 Å². The lowest BCUT2D eigenvalue weighted by Gasteiger charge is -2.37. The van der Waals surface area contributed by atoms with Gasteiger partial charge in [-0.3, -0.25) is 4.90 Å². The molecule has 2 aliphatic heterocycles. The summed E-state index contributed by atoms with van der Waals surface area (Å²) in [5.74, 6) is 2.04. The zero-order valence-electron chi connectivity index (χ0n) is 13.0. The number of nitrogens with zero attached hydrogens (tertiary/aromatic N) is 3. The summed E-state index contributed by atoms with van der Waals surface area (Å²) in [5.41, 5.74) is 0. The number of hydrogen-bond acceptors (Lipinski definition) is 6. The van der Waals surface area contributed by atoms with Crippen LogP contribution in [0.2, 0.25) is 0 Å². The van der Waals surface area contributed by atoms with Crippen LogP contribution in [0.5, 0.6) is 0 Å². The molecule has 0 spiro atoms. The van der Waals surface area contributed by atoms with E-state index in [4.69, 9.17) is 14.0 Å². The fraction of sp³-hybridized carbons (Fsp3) is 0.867. The minimum absolute atomic E-state index is 0.0904. The Morgan fingerprint density at radius 2 is 2.05 bits per heavy atom. The average molecular weight is 295 g/mol. The molecule has 1 atom stereocenters. The van der Waals surface area contributed by atoms with Gasteiger partial charge in [0.1, 0.15) is 0 Å². The summed E-state index contributed by atoms with van der Waals surface area (Å²) in [6.07, 6.45) is 4.30. The Balaban J connectivity index is 1.62. The van der Waals surface area contributed by atoms with E-state index in [-0.39, 0.29) is 6.29 Å². The molecule has 6 nitrogen and oxygen atoms in total. The van der Waals surface area contributed by atoms with Crippen molar-refractivity contribution in [3.05, 3.63) is 11.7 Å². The van der Waals surface area contributed by atoms with Gasteiger partial charge in [-0.05, 0) is 25.3 Å². The predicted molar refractivity (Wildman–Crippen MR) is 76.6 cm³/mol. The van der Waals surface area contributed by atoms with Gasteiger partial charge in [0.05, 0.1) is 25.8 Å². The molecule has 2 fully saturated rings. The SMILES string of the molecule is CC(C)Cc1nc(CN2CCCCC2C2OCCO2)no1. The van der Waals surface area contributed by atoms with Crippen LogP contribution in [-0.2, 0) is 22.4 Å². The van der Waals surface area contributed by atoms with Crippen LogP contribution >= 0.6 is 0 Å². The third-order valence-corrected chi connectivity index (χ3v) is 4.06. The largest absolute Gasteiger partial charge is 0.349 e. The van der Waals surface area contributed by atoms with Gasteiger partial charge in [-0.1, -0.05) is 25.4 Å². The van der Waals surface area contributed by atoms with Gasteiger partial charge in [0.15, 0.2) is 12.1 Å². The fourth-order valence-corrected chi connectivity index (χ4v) is 3.09. The molecule has 0 aliphatic carbocycles. The molecule has 0 bridgehead atoms. The van der Waals surface area contributed by atoms with Crippen LogP contribution < -0.4 is 0 Å². The van der Waals surface area contributed by atoms with Gasteiger partial charge in [0, 0.05) is 6.42 Å². The van der Waals surface area contributed by atoms with Crippen molar-refractivity contribution >= 4 is 0 Å². The van der Waals surface area contributed by atoms with Crippen molar-refractivity contribution in [2.24, 2.45) is 5.92 Å². The summed E-state index contributed by atoms with van der Waals surface area (Å²) in [7, 11) is 0. The fourth-order valence-electron chi connectivity index (χ4n) is 3.09. The third-order valence-electron chi connectivity index (χ3n) is 4.06. The van der Waals surface area contributed by atoms with Gasteiger partial charge in [0.25, 0.3) is 0 Å². The molecule has 1 unspecified atom stereocenters. The molecular formula is C15H25N3O3. The van der Waals surface area contributed by atoms with Crippen molar-refractivity contribution in [2.75, 3.05) is 19.8 Å². The van der Waals surface area contributed by atoms with Crippen molar-refractivity contribution < 1.29 is 14.0 Å². The molecule has 3 rings (SSSR count). The van der Waals surface area contributed by atoms with E-state index in [1.165, 1.54) is 12.8 Å². The minimum atomic E-state index is -0.0904. The second kappa shape index (κ2) is 6.85. The molecule has 21 heavy (non-hydrogen) atoms.